The zero-order valence-corrected chi connectivity index (χ0v) is 43.3. The Hall–Kier alpha value is -4.71. The summed E-state index contributed by atoms with van der Waals surface area (Å²) < 4.78 is 16.7. The maximum atomic E-state index is 12.8. The van der Waals surface area contributed by atoms with Crippen LogP contribution in [0, 0.1) is 0 Å². The van der Waals surface area contributed by atoms with Gasteiger partial charge in [-0.3, -0.25) is 14.4 Å². The molecule has 1 unspecified atom stereocenters. The van der Waals surface area contributed by atoms with Crippen molar-refractivity contribution in [2.45, 2.75) is 213 Å². The highest BCUT2D eigenvalue weighted by Crippen LogP contribution is 2.12. The minimum Gasteiger partial charge on any atom is -0.462 e. The maximum Gasteiger partial charge on any atom is 0.306 e. The smallest absolute Gasteiger partial charge is 0.306 e. The molecule has 0 aliphatic carbocycles. The van der Waals surface area contributed by atoms with Gasteiger partial charge in [-0.25, -0.2) is 0 Å². The predicted octanol–water partition coefficient (Wildman–Crippen LogP) is 18.0. The van der Waals surface area contributed by atoms with Crippen molar-refractivity contribution in [1.82, 2.24) is 0 Å². The molecule has 0 rings (SSSR count). The summed E-state index contributed by atoms with van der Waals surface area (Å²) in [6.07, 6.45) is 78.4. The molecule has 0 saturated heterocycles. The van der Waals surface area contributed by atoms with Gasteiger partial charge in [0.15, 0.2) is 6.10 Å². The first kappa shape index (κ1) is 63.3. The summed E-state index contributed by atoms with van der Waals surface area (Å²) >= 11 is 0. The highest BCUT2D eigenvalue weighted by molar-refractivity contribution is 5.71. The van der Waals surface area contributed by atoms with E-state index in [1.807, 2.05) is 0 Å². The zero-order chi connectivity index (χ0) is 49.3. The Bertz CT molecular complexity index is 1540. The molecule has 0 spiro atoms. The van der Waals surface area contributed by atoms with Crippen LogP contribution in [-0.4, -0.2) is 37.2 Å². The second-order valence-corrected chi connectivity index (χ2v) is 17.0. The van der Waals surface area contributed by atoms with Crippen LogP contribution in [0.5, 0.6) is 0 Å². The van der Waals surface area contributed by atoms with Crippen molar-refractivity contribution in [3.63, 3.8) is 0 Å². The van der Waals surface area contributed by atoms with Crippen LogP contribution in [0.1, 0.15) is 207 Å². The second-order valence-electron chi connectivity index (χ2n) is 17.0. The van der Waals surface area contributed by atoms with Gasteiger partial charge in [-0.05, 0) is 128 Å². The Balaban J connectivity index is 4.58. The molecule has 0 saturated carbocycles. The Kier molecular flexibility index (Phi) is 51.1. The fourth-order valence-electron chi connectivity index (χ4n) is 6.66. The van der Waals surface area contributed by atoms with E-state index < -0.39 is 6.10 Å². The number of hydrogen-bond acceptors (Lipinski definition) is 6. The average molecular weight is 937 g/mol. The van der Waals surface area contributed by atoms with Gasteiger partial charge in [0.1, 0.15) is 13.2 Å². The zero-order valence-electron chi connectivity index (χ0n) is 43.3. The van der Waals surface area contributed by atoms with Crippen molar-refractivity contribution in [2.75, 3.05) is 13.2 Å². The van der Waals surface area contributed by atoms with E-state index in [2.05, 4.69) is 167 Å². The molecule has 0 N–H and O–H groups in total. The molecule has 380 valence electrons. The van der Waals surface area contributed by atoms with Gasteiger partial charge in [0.05, 0.1) is 0 Å². The lowest BCUT2D eigenvalue weighted by molar-refractivity contribution is -0.167. The molecule has 0 heterocycles. The monoisotopic (exact) mass is 937 g/mol. The first-order chi connectivity index (χ1) is 33.5. The number of carbonyl (C=O) groups is 3. The highest BCUT2D eigenvalue weighted by Gasteiger charge is 2.19. The minimum atomic E-state index is -0.831. The lowest BCUT2D eigenvalue weighted by Gasteiger charge is -2.18. The van der Waals surface area contributed by atoms with E-state index in [0.717, 1.165) is 135 Å². The molecule has 0 amide bonds. The van der Waals surface area contributed by atoms with Gasteiger partial charge in [-0.1, -0.05) is 205 Å². The Morgan fingerprint density at radius 2 is 0.544 bits per heavy atom. The summed E-state index contributed by atoms with van der Waals surface area (Å²) in [7, 11) is 0. The molecular weight excluding hydrogens is 841 g/mol. The third kappa shape index (κ3) is 52.3. The quantitative estimate of drug-likeness (QED) is 0.0262. The first-order valence-electron chi connectivity index (χ1n) is 26.8. The van der Waals surface area contributed by atoms with Gasteiger partial charge >= 0.3 is 17.9 Å². The molecule has 0 fully saturated rings. The van der Waals surface area contributed by atoms with E-state index in [1.54, 1.807) is 0 Å². The SMILES string of the molecule is CC/C=C\C/C=C\C/C=C\C/C=C\C/C=C\CCCCCC(=O)OCC(COC(=O)CCCCCCCCC/C=C\C/C=C\CC)OC(=O)CCC/C=C\C/C=C\C/C=C\C/C=C\C/C=C\CC. The number of hydrogen-bond donors (Lipinski definition) is 0. The van der Waals surface area contributed by atoms with E-state index >= 15 is 0 Å². The van der Waals surface area contributed by atoms with Gasteiger partial charge in [0.25, 0.3) is 0 Å². The Labute approximate surface area is 417 Å². The lowest BCUT2D eigenvalue weighted by atomic mass is 10.1. The van der Waals surface area contributed by atoms with Gasteiger partial charge in [0, 0.05) is 19.3 Å². The first-order valence-corrected chi connectivity index (χ1v) is 26.8. The van der Waals surface area contributed by atoms with Crippen LogP contribution in [0.4, 0.5) is 0 Å². The molecule has 0 radical (unpaired) electrons. The van der Waals surface area contributed by atoms with E-state index in [-0.39, 0.29) is 37.5 Å². The number of esters is 3. The van der Waals surface area contributed by atoms with Crippen LogP contribution < -0.4 is 0 Å². The highest BCUT2D eigenvalue weighted by atomic mass is 16.6. The van der Waals surface area contributed by atoms with Crippen LogP contribution >= 0.6 is 0 Å². The molecular formula is C62H96O6. The van der Waals surface area contributed by atoms with Crippen LogP contribution in [0.15, 0.2) is 146 Å². The Morgan fingerprint density at radius 3 is 0.882 bits per heavy atom. The van der Waals surface area contributed by atoms with Crippen molar-refractivity contribution in [1.29, 1.82) is 0 Å². The number of allylic oxidation sites excluding steroid dienone is 24. The predicted molar refractivity (Wildman–Crippen MR) is 292 cm³/mol. The van der Waals surface area contributed by atoms with Gasteiger partial charge in [-0.15, -0.1) is 0 Å². The van der Waals surface area contributed by atoms with Gasteiger partial charge < -0.3 is 14.2 Å². The normalized spacial score (nSPS) is 13.3. The lowest BCUT2D eigenvalue weighted by Crippen LogP contribution is -2.30. The van der Waals surface area contributed by atoms with Crippen molar-refractivity contribution in [3.05, 3.63) is 146 Å². The molecule has 0 aliphatic rings. The van der Waals surface area contributed by atoms with E-state index in [1.165, 1.54) is 25.7 Å². The summed E-state index contributed by atoms with van der Waals surface area (Å²) in [4.78, 5) is 38.1. The fourth-order valence-corrected chi connectivity index (χ4v) is 6.66. The summed E-state index contributed by atoms with van der Waals surface area (Å²) in [5, 5.41) is 0. The van der Waals surface area contributed by atoms with Gasteiger partial charge in [-0.2, -0.15) is 0 Å². The second kappa shape index (κ2) is 54.9. The third-order valence-electron chi connectivity index (χ3n) is 10.6. The minimum absolute atomic E-state index is 0.122. The van der Waals surface area contributed by atoms with Crippen molar-refractivity contribution < 1.29 is 28.6 Å². The largest absolute Gasteiger partial charge is 0.462 e. The fraction of sp³-hybridized carbons (Fsp3) is 0.565. The molecule has 1 atom stereocenters. The molecule has 0 aromatic rings. The number of carbonyl (C=O) groups excluding carboxylic acids is 3. The van der Waals surface area contributed by atoms with E-state index in [0.29, 0.717) is 19.3 Å². The van der Waals surface area contributed by atoms with Crippen LogP contribution in [0.2, 0.25) is 0 Å². The van der Waals surface area contributed by atoms with E-state index in [4.69, 9.17) is 14.2 Å². The van der Waals surface area contributed by atoms with Crippen LogP contribution in [-0.2, 0) is 28.6 Å². The van der Waals surface area contributed by atoms with Crippen LogP contribution in [0.3, 0.4) is 0 Å². The topological polar surface area (TPSA) is 78.9 Å². The third-order valence-corrected chi connectivity index (χ3v) is 10.6. The summed E-state index contributed by atoms with van der Waals surface area (Å²) in [6.45, 7) is 6.20. The summed E-state index contributed by atoms with van der Waals surface area (Å²) in [5.74, 6) is -1.03. The standard InChI is InChI=1S/C62H96O6/c1-4-7-10-13-16-19-22-25-28-30-31-33-34-37-40-43-46-49-52-55-61(64)67-58-59(57-66-60(63)54-51-48-45-42-39-36-27-24-21-18-15-12-9-6-3)68-62(65)56-53-50-47-44-41-38-35-32-29-26-23-20-17-14-11-8-5-2/h7-12,16-21,25-26,28-29,31,33,35,37-38,40,44,47,59H,4-6,13-15,22-24,27,30,32,34,36,39,41-43,45-46,48-58H2,1-3H3/b10-7-,11-8-,12-9-,19-16-,20-17-,21-18-,28-25-,29-26-,33-31-,38-35-,40-37-,47-44-. The van der Waals surface area contributed by atoms with Gasteiger partial charge in [0.2, 0.25) is 0 Å². The van der Waals surface area contributed by atoms with Crippen molar-refractivity contribution >= 4 is 17.9 Å². The number of unbranched alkanes of at least 4 members (excludes halogenated alkanes) is 11. The molecule has 0 bridgehead atoms. The summed E-state index contributed by atoms with van der Waals surface area (Å²) in [5.41, 5.74) is 0. The van der Waals surface area contributed by atoms with Crippen LogP contribution in [0.25, 0.3) is 0 Å². The number of ether oxygens (including phenoxy) is 3. The molecule has 6 heteroatoms. The molecule has 0 aromatic carbocycles. The molecule has 68 heavy (non-hydrogen) atoms. The molecule has 0 aromatic heterocycles. The average Bonchev–Trinajstić information content (AvgIpc) is 3.34. The van der Waals surface area contributed by atoms with Crippen molar-refractivity contribution in [3.8, 4) is 0 Å². The number of rotatable bonds is 46. The molecule has 0 aliphatic heterocycles. The van der Waals surface area contributed by atoms with Crippen molar-refractivity contribution in [2.24, 2.45) is 0 Å². The maximum absolute atomic E-state index is 12.8. The summed E-state index contributed by atoms with van der Waals surface area (Å²) in [6, 6.07) is 0. The Morgan fingerprint density at radius 1 is 0.294 bits per heavy atom. The van der Waals surface area contributed by atoms with E-state index in [9.17, 15) is 14.4 Å². The molecule has 6 nitrogen and oxygen atoms in total.